The Bertz CT molecular complexity index is 632. The van der Waals surface area contributed by atoms with Crippen molar-refractivity contribution in [3.63, 3.8) is 0 Å². The summed E-state index contributed by atoms with van der Waals surface area (Å²) >= 11 is 3.24. The summed E-state index contributed by atoms with van der Waals surface area (Å²) in [6, 6.07) is 3.12. The van der Waals surface area contributed by atoms with Crippen molar-refractivity contribution in [2.75, 3.05) is 18.8 Å². The van der Waals surface area contributed by atoms with Gasteiger partial charge in [0.1, 0.15) is 0 Å². The number of sulfonamides is 1. The zero-order valence-electron chi connectivity index (χ0n) is 12.1. The van der Waals surface area contributed by atoms with Gasteiger partial charge in [0, 0.05) is 16.7 Å². The summed E-state index contributed by atoms with van der Waals surface area (Å²) in [5, 5.41) is 0. The van der Waals surface area contributed by atoms with E-state index in [1.165, 1.54) is 6.07 Å². The van der Waals surface area contributed by atoms with Crippen LogP contribution in [0.4, 0.5) is 5.69 Å². The Kier molecular flexibility index (Phi) is 6.18. The molecule has 0 fully saturated rings. The number of amides is 1. The highest BCUT2D eigenvalue weighted by Gasteiger charge is 2.28. The van der Waals surface area contributed by atoms with Gasteiger partial charge >= 0.3 is 0 Å². The van der Waals surface area contributed by atoms with Crippen molar-refractivity contribution in [2.45, 2.75) is 31.6 Å². The van der Waals surface area contributed by atoms with Gasteiger partial charge in [0.15, 0.2) is 0 Å². The van der Waals surface area contributed by atoms with Crippen LogP contribution in [0, 0.1) is 6.92 Å². The van der Waals surface area contributed by atoms with E-state index < -0.39 is 15.9 Å². The normalized spacial score (nSPS) is 11.8. The van der Waals surface area contributed by atoms with Gasteiger partial charge in [-0.05, 0) is 31.0 Å². The highest BCUT2D eigenvalue weighted by Crippen LogP contribution is 2.28. The minimum absolute atomic E-state index is 0.0896. The van der Waals surface area contributed by atoms with Crippen molar-refractivity contribution < 1.29 is 13.2 Å². The van der Waals surface area contributed by atoms with Gasteiger partial charge in [0.2, 0.25) is 15.9 Å². The first-order chi connectivity index (χ1) is 9.70. The zero-order valence-corrected chi connectivity index (χ0v) is 14.5. The lowest BCUT2D eigenvalue weighted by atomic mass is 10.2. The lowest BCUT2D eigenvalue weighted by molar-refractivity contribution is -0.118. The third kappa shape index (κ3) is 4.42. The maximum absolute atomic E-state index is 12.7. The number of nitrogen functional groups attached to an aromatic ring is 1. The topological polar surface area (TPSA) is 106 Å². The second kappa shape index (κ2) is 7.24. The van der Waals surface area contributed by atoms with E-state index in [1.54, 1.807) is 13.0 Å². The molecular formula is C13H20BrN3O3S. The molecule has 21 heavy (non-hydrogen) atoms. The molecule has 0 unspecified atom stereocenters. The van der Waals surface area contributed by atoms with Crippen LogP contribution in [0.2, 0.25) is 0 Å². The number of carbonyl (C=O) groups excluding carboxylic acids is 1. The first-order valence-electron chi connectivity index (χ1n) is 6.54. The predicted octanol–water partition coefficient (Wildman–Crippen LogP) is 1.62. The maximum Gasteiger partial charge on any atom is 0.243 e. The second-order valence-electron chi connectivity index (χ2n) is 4.78. The van der Waals surface area contributed by atoms with Crippen LogP contribution in [0.1, 0.15) is 25.3 Å². The summed E-state index contributed by atoms with van der Waals surface area (Å²) in [6.45, 7) is 3.48. The molecule has 0 saturated heterocycles. The number of benzene rings is 1. The minimum atomic E-state index is -3.82. The Hall–Kier alpha value is -1.12. The van der Waals surface area contributed by atoms with Crippen molar-refractivity contribution >= 4 is 37.5 Å². The van der Waals surface area contributed by atoms with E-state index in [4.69, 9.17) is 11.5 Å². The smallest absolute Gasteiger partial charge is 0.243 e. The van der Waals surface area contributed by atoms with Gasteiger partial charge in [0.05, 0.1) is 11.4 Å². The van der Waals surface area contributed by atoms with Crippen molar-refractivity contribution in [2.24, 2.45) is 5.73 Å². The molecule has 0 bridgehead atoms. The number of hydrogen-bond donors (Lipinski definition) is 2. The third-order valence-corrected chi connectivity index (χ3v) is 5.51. The van der Waals surface area contributed by atoms with Gasteiger partial charge in [-0.2, -0.15) is 4.31 Å². The maximum atomic E-state index is 12.7. The number of rotatable bonds is 7. The number of anilines is 1. The molecule has 0 aliphatic rings. The van der Waals surface area contributed by atoms with Crippen LogP contribution in [0.5, 0.6) is 0 Å². The fourth-order valence-corrected chi connectivity index (χ4v) is 4.23. The Morgan fingerprint density at radius 1 is 1.38 bits per heavy atom. The third-order valence-electron chi connectivity index (χ3n) is 3.08. The summed E-state index contributed by atoms with van der Waals surface area (Å²) in [6.07, 6.45) is 1.46. The highest BCUT2D eigenvalue weighted by molar-refractivity contribution is 9.10. The second-order valence-corrected chi connectivity index (χ2v) is 7.60. The number of halogens is 1. The van der Waals surface area contributed by atoms with Gasteiger partial charge < -0.3 is 11.5 Å². The summed E-state index contributed by atoms with van der Waals surface area (Å²) in [5.74, 6) is -0.685. The number of nitrogens with zero attached hydrogens (tertiary/aromatic N) is 1. The van der Waals surface area contributed by atoms with Crippen LogP contribution in [0.25, 0.3) is 0 Å². The fraction of sp³-hybridized carbons (Fsp3) is 0.462. The highest BCUT2D eigenvalue weighted by atomic mass is 79.9. The first-order valence-corrected chi connectivity index (χ1v) is 8.77. The average Bonchev–Trinajstić information content (AvgIpc) is 2.38. The lowest BCUT2D eigenvalue weighted by Crippen LogP contribution is -2.39. The molecular weight excluding hydrogens is 358 g/mol. The van der Waals surface area contributed by atoms with Crippen molar-refractivity contribution in [1.29, 1.82) is 0 Å². The molecule has 8 heteroatoms. The molecule has 4 N–H and O–H groups in total. The molecule has 0 aliphatic carbocycles. The van der Waals surface area contributed by atoms with E-state index in [1.807, 2.05) is 6.92 Å². The standard InChI is InChI=1S/C13H20BrN3O3S/c1-3-4-5-17(8-13(16)18)21(19,20)12-7-10(14)6-11(15)9(12)2/h6-7H,3-5,8,15H2,1-2H3,(H2,16,18). The Morgan fingerprint density at radius 2 is 2.00 bits per heavy atom. The predicted molar refractivity (Wildman–Crippen MR) is 86.2 cm³/mol. The van der Waals surface area contributed by atoms with Gasteiger partial charge in [-0.3, -0.25) is 4.79 Å². The van der Waals surface area contributed by atoms with E-state index in [-0.39, 0.29) is 18.0 Å². The number of unbranched alkanes of at least 4 members (excludes halogenated alkanes) is 1. The lowest BCUT2D eigenvalue weighted by Gasteiger charge is -2.22. The van der Waals surface area contributed by atoms with Gasteiger partial charge in [-0.15, -0.1) is 0 Å². The first kappa shape index (κ1) is 17.9. The van der Waals surface area contributed by atoms with E-state index in [9.17, 15) is 13.2 Å². The summed E-state index contributed by atoms with van der Waals surface area (Å²) in [5.41, 5.74) is 11.8. The van der Waals surface area contributed by atoms with Crippen molar-refractivity contribution in [1.82, 2.24) is 4.31 Å². The Morgan fingerprint density at radius 3 is 2.52 bits per heavy atom. The number of hydrogen-bond acceptors (Lipinski definition) is 4. The summed E-state index contributed by atoms with van der Waals surface area (Å²) < 4.78 is 27.2. The molecule has 1 aromatic carbocycles. The van der Waals surface area contributed by atoms with Crippen LogP contribution < -0.4 is 11.5 Å². The molecule has 118 valence electrons. The van der Waals surface area contributed by atoms with E-state index in [2.05, 4.69) is 15.9 Å². The Labute approximate surface area is 133 Å². The van der Waals surface area contributed by atoms with Gasteiger partial charge in [-0.25, -0.2) is 8.42 Å². The monoisotopic (exact) mass is 377 g/mol. The fourth-order valence-electron chi connectivity index (χ4n) is 1.87. The summed E-state index contributed by atoms with van der Waals surface area (Å²) in [4.78, 5) is 11.2. The Balaban J connectivity index is 3.31. The van der Waals surface area contributed by atoms with E-state index >= 15 is 0 Å². The number of primary amides is 1. The van der Waals surface area contributed by atoms with Crippen molar-refractivity contribution in [3.05, 3.63) is 22.2 Å². The molecule has 6 nitrogen and oxygen atoms in total. The molecule has 0 saturated carbocycles. The molecule has 0 radical (unpaired) electrons. The largest absolute Gasteiger partial charge is 0.398 e. The number of carbonyl (C=O) groups is 1. The SMILES string of the molecule is CCCCN(CC(N)=O)S(=O)(=O)c1cc(Br)cc(N)c1C. The molecule has 1 rings (SSSR count). The molecule has 0 atom stereocenters. The quantitative estimate of drug-likeness (QED) is 0.703. The molecule has 0 aromatic heterocycles. The van der Waals surface area contributed by atoms with Crippen LogP contribution >= 0.6 is 15.9 Å². The van der Waals surface area contributed by atoms with Gasteiger partial charge in [-0.1, -0.05) is 29.3 Å². The molecule has 1 amide bonds. The van der Waals surface area contributed by atoms with E-state index in [0.717, 1.165) is 10.7 Å². The van der Waals surface area contributed by atoms with E-state index in [0.29, 0.717) is 22.1 Å². The molecule has 0 spiro atoms. The minimum Gasteiger partial charge on any atom is -0.398 e. The molecule has 0 aliphatic heterocycles. The van der Waals surface area contributed by atoms with Crippen LogP contribution in [0.3, 0.4) is 0 Å². The van der Waals surface area contributed by atoms with Crippen LogP contribution in [-0.4, -0.2) is 31.7 Å². The van der Waals surface area contributed by atoms with Crippen molar-refractivity contribution in [3.8, 4) is 0 Å². The van der Waals surface area contributed by atoms with Crippen LogP contribution in [0.15, 0.2) is 21.5 Å². The van der Waals surface area contributed by atoms with Crippen LogP contribution in [-0.2, 0) is 14.8 Å². The molecule has 0 heterocycles. The van der Waals surface area contributed by atoms with Gasteiger partial charge in [0.25, 0.3) is 0 Å². The molecule has 1 aromatic rings. The zero-order chi connectivity index (χ0) is 16.2. The number of nitrogens with two attached hydrogens (primary N) is 2. The average molecular weight is 378 g/mol. The summed E-state index contributed by atoms with van der Waals surface area (Å²) in [7, 11) is -3.82.